The number of thiol groups is 1. The van der Waals surface area contributed by atoms with Crippen LogP contribution in [0, 0.1) is 0 Å². The van der Waals surface area contributed by atoms with Crippen LogP contribution in [0.25, 0.3) is 0 Å². The highest BCUT2D eigenvalue weighted by atomic mass is 32.1. The third-order valence-corrected chi connectivity index (χ3v) is 2.32. The third-order valence-electron chi connectivity index (χ3n) is 2.17. The molecule has 1 aliphatic rings. The molecule has 11 heavy (non-hydrogen) atoms. The number of hydrogen-bond acceptors (Lipinski definition) is 3. The number of nitrogens with one attached hydrogen (secondary N) is 1. The van der Waals surface area contributed by atoms with Crippen molar-refractivity contribution < 1.29 is 5.11 Å². The molecule has 0 amide bonds. The molecule has 0 spiro atoms. The molecule has 0 aromatic rings. The molecule has 0 heterocycles. The Morgan fingerprint density at radius 1 is 1.36 bits per heavy atom. The Labute approximate surface area is 73.8 Å². The second-order valence-electron chi connectivity index (χ2n) is 3.35. The summed E-state index contributed by atoms with van der Waals surface area (Å²) in [4.78, 5) is 0. The minimum Gasteiger partial charge on any atom is -0.393 e. The van der Waals surface area contributed by atoms with Crippen molar-refractivity contribution in [2.45, 2.75) is 50.1 Å². The van der Waals surface area contributed by atoms with Gasteiger partial charge in [0, 0.05) is 11.4 Å². The maximum absolute atomic E-state index is 9.21. The first-order valence-corrected chi connectivity index (χ1v) is 4.82. The normalized spacial score (nSPS) is 35.2. The highest BCUT2D eigenvalue weighted by molar-refractivity contribution is 7.80. The molecule has 1 saturated carbocycles. The fourth-order valence-corrected chi connectivity index (χ4v) is 1.79. The van der Waals surface area contributed by atoms with E-state index in [0.29, 0.717) is 6.04 Å². The third kappa shape index (κ3) is 3.45. The molecular formula is C8H17NOS. The topological polar surface area (TPSA) is 32.3 Å². The van der Waals surface area contributed by atoms with Gasteiger partial charge < -0.3 is 10.4 Å². The van der Waals surface area contributed by atoms with Crippen LogP contribution >= 0.6 is 12.6 Å². The van der Waals surface area contributed by atoms with Gasteiger partial charge in [0.25, 0.3) is 0 Å². The smallest absolute Gasteiger partial charge is 0.0541 e. The van der Waals surface area contributed by atoms with Gasteiger partial charge in [-0.25, -0.2) is 0 Å². The van der Waals surface area contributed by atoms with E-state index in [1.807, 2.05) is 6.92 Å². The number of aliphatic hydroxyl groups is 1. The molecule has 0 bridgehead atoms. The molecule has 0 saturated heterocycles. The monoisotopic (exact) mass is 175 g/mol. The zero-order valence-electron chi connectivity index (χ0n) is 6.95. The van der Waals surface area contributed by atoms with Crippen molar-refractivity contribution in [3.63, 3.8) is 0 Å². The molecule has 2 N–H and O–H groups in total. The summed E-state index contributed by atoms with van der Waals surface area (Å²) in [5, 5.41) is 12.8. The first-order chi connectivity index (χ1) is 5.18. The van der Waals surface area contributed by atoms with E-state index in [9.17, 15) is 5.11 Å². The summed E-state index contributed by atoms with van der Waals surface area (Å²) in [5.74, 6) is 0. The minimum atomic E-state index is -0.0525. The summed E-state index contributed by atoms with van der Waals surface area (Å²) in [6.45, 7) is 2.04. The molecule has 0 radical (unpaired) electrons. The highest BCUT2D eigenvalue weighted by Gasteiger charge is 2.19. The lowest BCUT2D eigenvalue weighted by Gasteiger charge is -2.27. The molecular weight excluding hydrogens is 158 g/mol. The van der Waals surface area contributed by atoms with Crippen LogP contribution < -0.4 is 5.32 Å². The SMILES string of the molecule is CC(S)NC1CCC(O)CC1. The molecule has 0 aliphatic heterocycles. The van der Waals surface area contributed by atoms with E-state index in [0.717, 1.165) is 25.7 Å². The van der Waals surface area contributed by atoms with Gasteiger partial charge in [0.05, 0.1) is 6.10 Å². The molecule has 0 aromatic carbocycles. The largest absolute Gasteiger partial charge is 0.393 e. The van der Waals surface area contributed by atoms with Gasteiger partial charge in [-0.05, 0) is 32.6 Å². The van der Waals surface area contributed by atoms with Crippen LogP contribution in [-0.4, -0.2) is 22.6 Å². The van der Waals surface area contributed by atoms with Crippen LogP contribution in [0.5, 0.6) is 0 Å². The maximum Gasteiger partial charge on any atom is 0.0541 e. The van der Waals surface area contributed by atoms with Crippen LogP contribution in [-0.2, 0) is 0 Å². The van der Waals surface area contributed by atoms with Crippen molar-refractivity contribution in [3.8, 4) is 0 Å². The Bertz CT molecular complexity index is 111. The van der Waals surface area contributed by atoms with Gasteiger partial charge in [-0.1, -0.05) is 0 Å². The van der Waals surface area contributed by atoms with Gasteiger partial charge in [-0.3, -0.25) is 0 Å². The van der Waals surface area contributed by atoms with Crippen LogP contribution in [0.15, 0.2) is 0 Å². The number of rotatable bonds is 2. The summed E-state index contributed by atoms with van der Waals surface area (Å²) < 4.78 is 0. The second-order valence-corrected chi connectivity index (χ2v) is 4.12. The second kappa shape index (κ2) is 4.33. The van der Waals surface area contributed by atoms with E-state index >= 15 is 0 Å². The van der Waals surface area contributed by atoms with E-state index in [2.05, 4.69) is 17.9 Å². The van der Waals surface area contributed by atoms with Crippen LogP contribution in [0.3, 0.4) is 0 Å². The lowest BCUT2D eigenvalue weighted by atomic mass is 9.93. The molecule has 2 nitrogen and oxygen atoms in total. The predicted molar refractivity (Wildman–Crippen MR) is 49.8 cm³/mol. The van der Waals surface area contributed by atoms with E-state index in [-0.39, 0.29) is 11.5 Å². The summed E-state index contributed by atoms with van der Waals surface area (Å²) in [6, 6.07) is 0.575. The van der Waals surface area contributed by atoms with Crippen molar-refractivity contribution in [2.75, 3.05) is 0 Å². The summed E-state index contributed by atoms with van der Waals surface area (Å²) in [7, 11) is 0. The lowest BCUT2D eigenvalue weighted by molar-refractivity contribution is 0.116. The Morgan fingerprint density at radius 3 is 2.36 bits per heavy atom. The Morgan fingerprint density at radius 2 is 1.91 bits per heavy atom. The summed E-state index contributed by atoms with van der Waals surface area (Å²) in [5.41, 5.74) is 0. The molecule has 1 fully saturated rings. The van der Waals surface area contributed by atoms with Gasteiger partial charge in [-0.2, -0.15) is 12.6 Å². The first kappa shape index (κ1) is 9.36. The summed E-state index contributed by atoms with van der Waals surface area (Å²) >= 11 is 4.26. The van der Waals surface area contributed by atoms with Gasteiger partial charge >= 0.3 is 0 Å². The minimum absolute atomic E-state index is 0.0525. The first-order valence-electron chi connectivity index (χ1n) is 4.30. The van der Waals surface area contributed by atoms with Crippen molar-refractivity contribution in [1.82, 2.24) is 5.32 Å². The highest BCUT2D eigenvalue weighted by Crippen LogP contribution is 2.18. The standard InChI is InChI=1S/C8H17NOS/c1-6(11)9-7-2-4-8(10)5-3-7/h6-11H,2-5H2,1H3. The molecule has 1 rings (SSSR count). The van der Waals surface area contributed by atoms with Crippen molar-refractivity contribution >= 4 is 12.6 Å². The average Bonchev–Trinajstić information content (AvgIpc) is 1.93. The molecule has 1 unspecified atom stereocenters. The zero-order valence-corrected chi connectivity index (χ0v) is 7.85. The zero-order chi connectivity index (χ0) is 8.27. The van der Waals surface area contributed by atoms with E-state index in [4.69, 9.17) is 0 Å². The lowest BCUT2D eigenvalue weighted by Crippen LogP contribution is -2.37. The maximum atomic E-state index is 9.21. The van der Waals surface area contributed by atoms with E-state index in [1.54, 1.807) is 0 Å². The van der Waals surface area contributed by atoms with Crippen molar-refractivity contribution in [1.29, 1.82) is 0 Å². The van der Waals surface area contributed by atoms with Crippen LogP contribution in [0.4, 0.5) is 0 Å². The van der Waals surface area contributed by atoms with Gasteiger partial charge in [0.15, 0.2) is 0 Å². The van der Waals surface area contributed by atoms with Gasteiger partial charge in [-0.15, -0.1) is 0 Å². The quantitative estimate of drug-likeness (QED) is 0.434. The number of hydrogen-bond donors (Lipinski definition) is 3. The van der Waals surface area contributed by atoms with Crippen LogP contribution in [0.2, 0.25) is 0 Å². The molecule has 1 aliphatic carbocycles. The fourth-order valence-electron chi connectivity index (χ4n) is 1.58. The number of aliphatic hydroxyl groups excluding tert-OH is 1. The van der Waals surface area contributed by atoms with E-state index in [1.165, 1.54) is 0 Å². The Kier molecular flexibility index (Phi) is 3.69. The van der Waals surface area contributed by atoms with Gasteiger partial charge in [0.1, 0.15) is 0 Å². The van der Waals surface area contributed by atoms with E-state index < -0.39 is 0 Å². The average molecular weight is 175 g/mol. The summed E-state index contributed by atoms with van der Waals surface area (Å²) in [6.07, 6.45) is 4.01. The molecule has 3 heteroatoms. The van der Waals surface area contributed by atoms with Crippen molar-refractivity contribution in [2.24, 2.45) is 0 Å². The molecule has 66 valence electrons. The molecule has 0 aromatic heterocycles. The predicted octanol–water partition coefficient (Wildman–Crippen LogP) is 1.16. The van der Waals surface area contributed by atoms with Gasteiger partial charge in [0.2, 0.25) is 0 Å². The fraction of sp³-hybridized carbons (Fsp3) is 1.00. The Balaban J connectivity index is 2.17. The van der Waals surface area contributed by atoms with Crippen molar-refractivity contribution in [3.05, 3.63) is 0 Å². The van der Waals surface area contributed by atoms with Crippen LogP contribution in [0.1, 0.15) is 32.6 Å². The molecule has 1 atom stereocenters. The Hall–Kier alpha value is 0.270.